The Morgan fingerprint density at radius 2 is 1.77 bits per heavy atom. The summed E-state index contributed by atoms with van der Waals surface area (Å²) < 4.78 is 5.36. The second kappa shape index (κ2) is 5.48. The third-order valence-electron chi connectivity index (χ3n) is 3.66. The second-order valence-electron chi connectivity index (χ2n) is 5.16. The third-order valence-corrected chi connectivity index (χ3v) is 3.66. The molecule has 0 aliphatic rings. The molecule has 110 valence electrons. The topological polar surface area (TPSA) is 63.3 Å². The zero-order chi connectivity index (χ0) is 15.7. The minimum atomic E-state index is -0.922. The molecule has 0 amide bonds. The van der Waals surface area contributed by atoms with Gasteiger partial charge in [0.1, 0.15) is 11.5 Å². The van der Waals surface area contributed by atoms with E-state index in [0.717, 1.165) is 22.4 Å². The minimum Gasteiger partial charge on any atom is -0.478 e. The van der Waals surface area contributed by atoms with Crippen molar-refractivity contribution in [1.82, 2.24) is 5.16 Å². The maximum atomic E-state index is 11.1. The zero-order valence-electron chi connectivity index (χ0n) is 12.3. The number of aryl methyl sites for hydroxylation is 2. The highest BCUT2D eigenvalue weighted by Gasteiger charge is 2.17. The average molecular weight is 293 g/mol. The Labute approximate surface area is 128 Å². The maximum absolute atomic E-state index is 11.1. The number of hydrogen-bond acceptors (Lipinski definition) is 3. The summed E-state index contributed by atoms with van der Waals surface area (Å²) in [6, 6.07) is 15.1. The van der Waals surface area contributed by atoms with Crippen LogP contribution < -0.4 is 0 Å². The largest absolute Gasteiger partial charge is 0.478 e. The van der Waals surface area contributed by atoms with Crippen LogP contribution in [0.4, 0.5) is 0 Å². The van der Waals surface area contributed by atoms with Crippen LogP contribution in [0.2, 0.25) is 0 Å². The van der Waals surface area contributed by atoms with Gasteiger partial charge < -0.3 is 9.63 Å². The van der Waals surface area contributed by atoms with E-state index in [4.69, 9.17) is 9.63 Å². The molecule has 0 atom stereocenters. The van der Waals surface area contributed by atoms with Crippen molar-refractivity contribution in [2.45, 2.75) is 13.8 Å². The first-order valence-electron chi connectivity index (χ1n) is 6.94. The summed E-state index contributed by atoms with van der Waals surface area (Å²) in [4.78, 5) is 11.1. The smallest absolute Gasteiger partial charge is 0.335 e. The van der Waals surface area contributed by atoms with Crippen molar-refractivity contribution in [2.75, 3.05) is 0 Å². The van der Waals surface area contributed by atoms with E-state index in [2.05, 4.69) is 5.16 Å². The van der Waals surface area contributed by atoms with Gasteiger partial charge in [-0.05, 0) is 31.0 Å². The molecule has 0 unspecified atom stereocenters. The lowest BCUT2D eigenvalue weighted by molar-refractivity contribution is 0.0696. The SMILES string of the molecule is Cc1cc(-c2c(-c3ccccc3)noc2C)ccc1C(=O)O. The van der Waals surface area contributed by atoms with Gasteiger partial charge in [0.2, 0.25) is 0 Å². The van der Waals surface area contributed by atoms with Gasteiger partial charge in [0.25, 0.3) is 0 Å². The summed E-state index contributed by atoms with van der Waals surface area (Å²) in [6.07, 6.45) is 0. The molecule has 0 fully saturated rings. The fourth-order valence-electron chi connectivity index (χ4n) is 2.56. The molecule has 22 heavy (non-hydrogen) atoms. The van der Waals surface area contributed by atoms with Gasteiger partial charge in [-0.15, -0.1) is 0 Å². The number of nitrogens with zero attached hydrogens (tertiary/aromatic N) is 1. The lowest BCUT2D eigenvalue weighted by atomic mass is 9.96. The molecule has 0 aliphatic carbocycles. The molecule has 0 spiro atoms. The van der Waals surface area contributed by atoms with Crippen LogP contribution in [0.3, 0.4) is 0 Å². The number of carboxylic acid groups (broad SMARTS) is 1. The quantitative estimate of drug-likeness (QED) is 0.781. The number of aromatic carboxylic acids is 1. The molecule has 1 heterocycles. The molecular weight excluding hydrogens is 278 g/mol. The van der Waals surface area contributed by atoms with Gasteiger partial charge in [-0.25, -0.2) is 4.79 Å². The predicted octanol–water partition coefficient (Wildman–Crippen LogP) is 4.32. The molecule has 0 saturated heterocycles. The summed E-state index contributed by atoms with van der Waals surface area (Å²) in [5.74, 6) is -0.212. The first kappa shape index (κ1) is 14.1. The summed E-state index contributed by atoms with van der Waals surface area (Å²) in [5.41, 5.74) is 4.55. The number of benzene rings is 2. The van der Waals surface area contributed by atoms with Gasteiger partial charge in [0, 0.05) is 5.56 Å². The standard InChI is InChI=1S/C18H15NO3/c1-11-10-14(8-9-15(11)18(20)21)16-12(2)22-19-17(16)13-6-4-3-5-7-13/h3-10H,1-2H3,(H,20,21). The van der Waals surface area contributed by atoms with Crippen LogP contribution in [0.15, 0.2) is 53.1 Å². The van der Waals surface area contributed by atoms with Crippen LogP contribution in [0.5, 0.6) is 0 Å². The van der Waals surface area contributed by atoms with Gasteiger partial charge in [0.05, 0.1) is 11.1 Å². The molecule has 1 aromatic heterocycles. The molecule has 2 aromatic carbocycles. The van der Waals surface area contributed by atoms with Gasteiger partial charge in [-0.1, -0.05) is 47.6 Å². The second-order valence-corrected chi connectivity index (χ2v) is 5.16. The molecule has 0 bridgehead atoms. The Kier molecular flexibility index (Phi) is 3.51. The number of aromatic nitrogens is 1. The lowest BCUT2D eigenvalue weighted by Gasteiger charge is -2.06. The van der Waals surface area contributed by atoms with Crippen LogP contribution in [0.1, 0.15) is 21.7 Å². The average Bonchev–Trinajstić information content (AvgIpc) is 2.89. The Hall–Kier alpha value is -2.88. The van der Waals surface area contributed by atoms with Crippen molar-refractivity contribution in [2.24, 2.45) is 0 Å². The van der Waals surface area contributed by atoms with Crippen molar-refractivity contribution in [3.05, 3.63) is 65.4 Å². The van der Waals surface area contributed by atoms with E-state index in [-0.39, 0.29) is 0 Å². The van der Waals surface area contributed by atoms with Crippen LogP contribution >= 0.6 is 0 Å². The summed E-state index contributed by atoms with van der Waals surface area (Å²) in [5, 5.41) is 13.3. The number of carbonyl (C=O) groups is 1. The highest BCUT2D eigenvalue weighted by Crippen LogP contribution is 2.34. The Morgan fingerprint density at radius 3 is 2.41 bits per heavy atom. The van der Waals surface area contributed by atoms with Crippen molar-refractivity contribution < 1.29 is 14.4 Å². The van der Waals surface area contributed by atoms with E-state index in [9.17, 15) is 4.79 Å². The van der Waals surface area contributed by atoms with Crippen LogP contribution in [0.25, 0.3) is 22.4 Å². The van der Waals surface area contributed by atoms with Crippen LogP contribution in [0, 0.1) is 13.8 Å². The molecule has 3 aromatic rings. The number of carboxylic acids is 1. The molecule has 0 radical (unpaired) electrons. The fraction of sp³-hybridized carbons (Fsp3) is 0.111. The number of hydrogen-bond donors (Lipinski definition) is 1. The first-order chi connectivity index (χ1) is 10.6. The Balaban J connectivity index is 2.15. The van der Waals surface area contributed by atoms with Gasteiger partial charge in [-0.2, -0.15) is 0 Å². The van der Waals surface area contributed by atoms with Crippen molar-refractivity contribution in [1.29, 1.82) is 0 Å². The molecule has 0 aliphatic heterocycles. The van der Waals surface area contributed by atoms with E-state index < -0.39 is 5.97 Å². The molecule has 0 saturated carbocycles. The highest BCUT2D eigenvalue weighted by molar-refractivity contribution is 5.91. The lowest BCUT2D eigenvalue weighted by Crippen LogP contribution is -1.99. The third kappa shape index (κ3) is 2.39. The van der Waals surface area contributed by atoms with E-state index in [0.29, 0.717) is 16.9 Å². The van der Waals surface area contributed by atoms with Gasteiger partial charge >= 0.3 is 5.97 Å². The van der Waals surface area contributed by atoms with E-state index in [1.807, 2.05) is 43.3 Å². The van der Waals surface area contributed by atoms with E-state index in [1.54, 1.807) is 19.1 Å². The number of rotatable bonds is 3. The molecular formula is C18H15NO3. The van der Waals surface area contributed by atoms with E-state index >= 15 is 0 Å². The maximum Gasteiger partial charge on any atom is 0.335 e. The highest BCUT2D eigenvalue weighted by atomic mass is 16.5. The van der Waals surface area contributed by atoms with Gasteiger partial charge in [0.15, 0.2) is 0 Å². The fourth-order valence-corrected chi connectivity index (χ4v) is 2.56. The Bertz CT molecular complexity index is 835. The van der Waals surface area contributed by atoms with Crippen molar-refractivity contribution in [3.63, 3.8) is 0 Å². The Morgan fingerprint density at radius 1 is 1.05 bits per heavy atom. The summed E-state index contributed by atoms with van der Waals surface area (Å²) in [6.45, 7) is 3.65. The summed E-state index contributed by atoms with van der Waals surface area (Å²) in [7, 11) is 0. The first-order valence-corrected chi connectivity index (χ1v) is 6.94. The molecule has 3 rings (SSSR count). The van der Waals surface area contributed by atoms with Gasteiger partial charge in [-0.3, -0.25) is 0 Å². The van der Waals surface area contributed by atoms with Crippen LogP contribution in [-0.2, 0) is 0 Å². The molecule has 4 heteroatoms. The normalized spacial score (nSPS) is 10.6. The minimum absolute atomic E-state index is 0.305. The summed E-state index contributed by atoms with van der Waals surface area (Å²) >= 11 is 0. The van der Waals surface area contributed by atoms with Crippen LogP contribution in [-0.4, -0.2) is 16.2 Å². The monoisotopic (exact) mass is 293 g/mol. The molecule has 1 N–H and O–H groups in total. The van der Waals surface area contributed by atoms with Crippen molar-refractivity contribution in [3.8, 4) is 22.4 Å². The molecule has 4 nitrogen and oxygen atoms in total. The predicted molar refractivity (Wildman–Crippen MR) is 83.8 cm³/mol. The van der Waals surface area contributed by atoms with E-state index in [1.165, 1.54) is 0 Å². The zero-order valence-corrected chi connectivity index (χ0v) is 12.3. The van der Waals surface area contributed by atoms with Crippen molar-refractivity contribution >= 4 is 5.97 Å².